The van der Waals surface area contributed by atoms with Gasteiger partial charge in [0.25, 0.3) is 5.90 Å². The van der Waals surface area contributed by atoms with E-state index in [-0.39, 0.29) is 6.61 Å². The van der Waals surface area contributed by atoms with Crippen LogP contribution in [0.2, 0.25) is 0 Å². The standard InChI is InChI=1S/C11H12N2O4/c1-2-17-9-11(15,16)10(14)13(12-9)8-6-4-3-5-7-8/h3-7,15-16H,2H2,1H3. The zero-order chi connectivity index (χ0) is 12.5. The van der Waals surface area contributed by atoms with Gasteiger partial charge < -0.3 is 14.9 Å². The molecule has 0 atom stereocenters. The number of hydrogen-bond donors (Lipinski definition) is 2. The Bertz CT molecular complexity index is 456. The predicted octanol–water partition coefficient (Wildman–Crippen LogP) is 0.0641. The van der Waals surface area contributed by atoms with Crippen LogP contribution in [0.5, 0.6) is 0 Å². The zero-order valence-corrected chi connectivity index (χ0v) is 9.20. The summed E-state index contributed by atoms with van der Waals surface area (Å²) in [6.07, 6.45) is 0. The molecule has 1 heterocycles. The summed E-state index contributed by atoms with van der Waals surface area (Å²) in [7, 11) is 0. The fourth-order valence-corrected chi connectivity index (χ4v) is 1.46. The molecule has 0 aromatic heterocycles. The smallest absolute Gasteiger partial charge is 0.328 e. The van der Waals surface area contributed by atoms with Crippen LogP contribution in [0, 0.1) is 0 Å². The fraction of sp³-hybridized carbons (Fsp3) is 0.273. The lowest BCUT2D eigenvalue weighted by molar-refractivity contribution is -0.159. The minimum absolute atomic E-state index is 0.192. The Balaban J connectivity index is 2.35. The van der Waals surface area contributed by atoms with Crippen molar-refractivity contribution in [3.63, 3.8) is 0 Å². The summed E-state index contributed by atoms with van der Waals surface area (Å²) < 4.78 is 4.93. The zero-order valence-electron chi connectivity index (χ0n) is 9.20. The van der Waals surface area contributed by atoms with Gasteiger partial charge in [-0.05, 0) is 19.1 Å². The van der Waals surface area contributed by atoms with Crippen LogP contribution < -0.4 is 5.01 Å². The van der Waals surface area contributed by atoms with E-state index in [1.54, 1.807) is 37.3 Å². The Morgan fingerprint density at radius 1 is 1.35 bits per heavy atom. The number of benzene rings is 1. The number of nitrogens with zero attached hydrogens (tertiary/aromatic N) is 2. The SMILES string of the molecule is CCOC1=NN(c2ccccc2)C(=O)C1(O)O. The quantitative estimate of drug-likeness (QED) is 0.711. The topological polar surface area (TPSA) is 82.4 Å². The van der Waals surface area contributed by atoms with Gasteiger partial charge in [-0.3, -0.25) is 4.79 Å². The van der Waals surface area contributed by atoms with E-state index in [1.807, 2.05) is 0 Å². The van der Waals surface area contributed by atoms with Crippen molar-refractivity contribution in [3.05, 3.63) is 30.3 Å². The van der Waals surface area contributed by atoms with E-state index in [1.165, 1.54) is 0 Å². The summed E-state index contributed by atoms with van der Waals surface area (Å²) in [5.41, 5.74) is 0.444. The highest BCUT2D eigenvalue weighted by Crippen LogP contribution is 2.25. The maximum atomic E-state index is 11.7. The number of hydrazone groups is 1. The van der Waals surface area contributed by atoms with E-state index in [4.69, 9.17) is 4.74 Å². The van der Waals surface area contributed by atoms with Crippen molar-refractivity contribution >= 4 is 17.5 Å². The first kappa shape index (κ1) is 11.6. The molecule has 1 amide bonds. The van der Waals surface area contributed by atoms with E-state index < -0.39 is 17.6 Å². The van der Waals surface area contributed by atoms with Gasteiger partial charge in [0.2, 0.25) is 0 Å². The lowest BCUT2D eigenvalue weighted by atomic mass is 10.2. The number of anilines is 1. The first-order valence-corrected chi connectivity index (χ1v) is 5.13. The van der Waals surface area contributed by atoms with E-state index >= 15 is 0 Å². The van der Waals surface area contributed by atoms with E-state index in [0.717, 1.165) is 5.01 Å². The highest BCUT2D eigenvalue weighted by molar-refractivity contribution is 6.17. The highest BCUT2D eigenvalue weighted by atomic mass is 16.6. The van der Waals surface area contributed by atoms with Crippen LogP contribution in [0.3, 0.4) is 0 Å². The Kier molecular flexibility index (Phi) is 2.83. The summed E-state index contributed by atoms with van der Waals surface area (Å²) in [4.78, 5) is 11.7. The van der Waals surface area contributed by atoms with Crippen LogP contribution >= 0.6 is 0 Å². The van der Waals surface area contributed by atoms with Gasteiger partial charge in [-0.2, -0.15) is 5.01 Å². The molecule has 1 aromatic rings. The second-order valence-electron chi connectivity index (χ2n) is 3.46. The summed E-state index contributed by atoms with van der Waals surface area (Å²) in [5.74, 6) is -4.05. The number of carbonyl (C=O) groups is 1. The molecule has 0 radical (unpaired) electrons. The average molecular weight is 236 g/mol. The largest absolute Gasteiger partial charge is 0.476 e. The molecular weight excluding hydrogens is 224 g/mol. The number of amides is 1. The van der Waals surface area contributed by atoms with Gasteiger partial charge in [0.05, 0.1) is 12.3 Å². The van der Waals surface area contributed by atoms with Gasteiger partial charge in [-0.25, -0.2) is 0 Å². The normalized spacial score (nSPS) is 18.2. The number of rotatable bonds is 2. The summed E-state index contributed by atoms with van der Waals surface area (Å²) >= 11 is 0. The monoisotopic (exact) mass is 236 g/mol. The van der Waals surface area contributed by atoms with Crippen molar-refractivity contribution in [1.29, 1.82) is 0 Å². The number of carbonyl (C=O) groups excluding carboxylic acids is 1. The third-order valence-corrected chi connectivity index (χ3v) is 2.26. The molecule has 0 fully saturated rings. The van der Waals surface area contributed by atoms with E-state index in [9.17, 15) is 15.0 Å². The Hall–Kier alpha value is -1.92. The Morgan fingerprint density at radius 2 is 2.00 bits per heavy atom. The van der Waals surface area contributed by atoms with E-state index in [2.05, 4.69) is 5.10 Å². The molecule has 1 aromatic carbocycles. The van der Waals surface area contributed by atoms with Crippen molar-refractivity contribution in [2.75, 3.05) is 11.6 Å². The highest BCUT2D eigenvalue weighted by Gasteiger charge is 2.51. The van der Waals surface area contributed by atoms with E-state index in [0.29, 0.717) is 5.69 Å². The van der Waals surface area contributed by atoms with Crippen LogP contribution in [-0.4, -0.2) is 34.4 Å². The number of hydrogen-bond acceptors (Lipinski definition) is 5. The molecule has 0 bridgehead atoms. The predicted molar refractivity (Wildman–Crippen MR) is 60.2 cm³/mol. The molecule has 2 N–H and O–H groups in total. The van der Waals surface area contributed by atoms with Gasteiger partial charge in [0.1, 0.15) is 0 Å². The molecule has 90 valence electrons. The molecular formula is C11H12N2O4. The molecule has 0 saturated heterocycles. The number of para-hydroxylation sites is 1. The van der Waals surface area contributed by atoms with Crippen molar-refractivity contribution < 1.29 is 19.7 Å². The third kappa shape index (κ3) is 1.88. The van der Waals surface area contributed by atoms with Crippen LogP contribution in [0.4, 0.5) is 5.69 Å². The molecule has 0 spiro atoms. The molecule has 6 heteroatoms. The fourth-order valence-electron chi connectivity index (χ4n) is 1.46. The van der Waals surface area contributed by atoms with Gasteiger partial charge in [0.15, 0.2) is 0 Å². The Morgan fingerprint density at radius 3 is 2.59 bits per heavy atom. The molecule has 0 aliphatic carbocycles. The van der Waals surface area contributed by atoms with Crippen LogP contribution in [0.25, 0.3) is 0 Å². The molecule has 0 saturated carbocycles. The molecule has 1 aliphatic rings. The minimum Gasteiger partial charge on any atom is -0.476 e. The molecule has 6 nitrogen and oxygen atoms in total. The third-order valence-electron chi connectivity index (χ3n) is 2.26. The molecule has 17 heavy (non-hydrogen) atoms. The second kappa shape index (κ2) is 4.15. The lowest BCUT2D eigenvalue weighted by Gasteiger charge is -2.16. The summed E-state index contributed by atoms with van der Waals surface area (Å²) in [6, 6.07) is 8.47. The van der Waals surface area contributed by atoms with Crippen LogP contribution in [-0.2, 0) is 9.53 Å². The van der Waals surface area contributed by atoms with Crippen molar-refractivity contribution in [1.82, 2.24) is 0 Å². The lowest BCUT2D eigenvalue weighted by Crippen LogP contribution is -2.47. The van der Waals surface area contributed by atoms with Gasteiger partial charge in [-0.1, -0.05) is 18.2 Å². The van der Waals surface area contributed by atoms with Crippen molar-refractivity contribution in [2.45, 2.75) is 12.7 Å². The van der Waals surface area contributed by atoms with Crippen molar-refractivity contribution in [2.24, 2.45) is 5.10 Å². The first-order valence-electron chi connectivity index (χ1n) is 5.13. The van der Waals surface area contributed by atoms with Crippen LogP contribution in [0.15, 0.2) is 35.4 Å². The second-order valence-corrected chi connectivity index (χ2v) is 3.46. The minimum atomic E-state index is -2.69. The maximum absolute atomic E-state index is 11.7. The van der Waals surface area contributed by atoms with Crippen LogP contribution in [0.1, 0.15) is 6.92 Å². The molecule has 2 rings (SSSR count). The molecule has 1 aliphatic heterocycles. The maximum Gasteiger partial charge on any atom is 0.328 e. The first-order chi connectivity index (χ1) is 8.07. The van der Waals surface area contributed by atoms with Crippen molar-refractivity contribution in [3.8, 4) is 0 Å². The number of aliphatic hydroxyl groups is 2. The summed E-state index contributed by atoms with van der Waals surface area (Å²) in [6.45, 7) is 1.85. The van der Waals surface area contributed by atoms with Gasteiger partial charge in [0, 0.05) is 0 Å². The number of ether oxygens (including phenoxy) is 1. The summed E-state index contributed by atoms with van der Waals surface area (Å²) in [5, 5.41) is 23.9. The van der Waals surface area contributed by atoms with Gasteiger partial charge >= 0.3 is 11.7 Å². The average Bonchev–Trinajstić information content (AvgIpc) is 2.55. The molecule has 0 unspecified atom stereocenters. The van der Waals surface area contributed by atoms with Gasteiger partial charge in [-0.15, -0.1) is 5.10 Å². The Labute approximate surface area is 97.7 Å².